The lowest BCUT2D eigenvalue weighted by Gasteiger charge is -2.18. The van der Waals surface area contributed by atoms with Gasteiger partial charge in [-0.3, -0.25) is 14.4 Å². The zero-order valence-electron chi connectivity index (χ0n) is 50.1. The number of hydrogen-bond acceptors (Lipinski definition) is 6. The average molecular weight is 1040 g/mol. The van der Waals surface area contributed by atoms with Crippen molar-refractivity contribution in [3.63, 3.8) is 0 Å². The molecule has 0 spiro atoms. The van der Waals surface area contributed by atoms with Crippen LogP contribution >= 0.6 is 0 Å². The van der Waals surface area contributed by atoms with E-state index in [1.807, 2.05) is 0 Å². The van der Waals surface area contributed by atoms with E-state index in [1.54, 1.807) is 0 Å². The lowest BCUT2D eigenvalue weighted by molar-refractivity contribution is -0.167. The van der Waals surface area contributed by atoms with E-state index in [1.165, 1.54) is 270 Å². The molecule has 0 saturated carbocycles. The third kappa shape index (κ3) is 60.8. The Kier molecular flexibility index (Phi) is 61.6. The van der Waals surface area contributed by atoms with Crippen LogP contribution in [0.25, 0.3) is 0 Å². The van der Waals surface area contributed by atoms with Gasteiger partial charge in [-0.05, 0) is 51.4 Å². The van der Waals surface area contributed by atoms with Gasteiger partial charge in [0.2, 0.25) is 0 Å². The fraction of sp³-hybridized carbons (Fsp3) is 0.897. The number of esters is 3. The Labute approximate surface area is 462 Å². The highest BCUT2D eigenvalue weighted by Gasteiger charge is 2.19. The number of carbonyl (C=O) groups is 3. The third-order valence-corrected chi connectivity index (χ3v) is 15.2. The molecule has 0 heterocycles. The first kappa shape index (κ1) is 71.9. The summed E-state index contributed by atoms with van der Waals surface area (Å²) in [5.74, 6) is -0.840. The summed E-state index contributed by atoms with van der Waals surface area (Å²) in [6, 6.07) is 0. The number of rotatable bonds is 62. The van der Waals surface area contributed by atoms with Crippen LogP contribution in [0.1, 0.15) is 374 Å². The van der Waals surface area contributed by atoms with Crippen molar-refractivity contribution in [3.05, 3.63) is 24.3 Å². The van der Waals surface area contributed by atoms with E-state index in [-0.39, 0.29) is 31.1 Å². The van der Waals surface area contributed by atoms with Gasteiger partial charge in [0.05, 0.1) is 0 Å². The molecule has 1 atom stereocenters. The lowest BCUT2D eigenvalue weighted by Crippen LogP contribution is -2.30. The van der Waals surface area contributed by atoms with Crippen LogP contribution in [0.3, 0.4) is 0 Å². The number of ether oxygens (including phenoxy) is 3. The van der Waals surface area contributed by atoms with Gasteiger partial charge in [0.1, 0.15) is 13.2 Å². The molecule has 0 aromatic heterocycles. The van der Waals surface area contributed by atoms with Crippen LogP contribution in [0.15, 0.2) is 24.3 Å². The van der Waals surface area contributed by atoms with Crippen molar-refractivity contribution in [2.45, 2.75) is 380 Å². The molecule has 0 bridgehead atoms. The molecule has 0 fully saturated rings. The first-order valence-electron chi connectivity index (χ1n) is 33.3. The summed E-state index contributed by atoms with van der Waals surface area (Å²) < 4.78 is 17.0. The van der Waals surface area contributed by atoms with E-state index in [0.717, 1.165) is 64.2 Å². The molecule has 0 aromatic rings. The predicted molar refractivity (Wildman–Crippen MR) is 321 cm³/mol. The van der Waals surface area contributed by atoms with E-state index in [9.17, 15) is 14.4 Å². The van der Waals surface area contributed by atoms with Gasteiger partial charge in [0.25, 0.3) is 0 Å². The summed E-state index contributed by atoms with van der Waals surface area (Å²) >= 11 is 0. The van der Waals surface area contributed by atoms with E-state index in [0.29, 0.717) is 19.3 Å². The molecule has 0 aliphatic carbocycles. The molecule has 0 saturated heterocycles. The fourth-order valence-electron chi connectivity index (χ4n) is 10.2. The Morgan fingerprint density at radius 1 is 0.270 bits per heavy atom. The molecule has 0 aromatic carbocycles. The Bertz CT molecular complexity index is 1190. The average Bonchev–Trinajstić information content (AvgIpc) is 3.40. The number of allylic oxidation sites excluding steroid dienone is 4. The van der Waals surface area contributed by atoms with Crippen LogP contribution in [0.2, 0.25) is 0 Å². The van der Waals surface area contributed by atoms with Crippen molar-refractivity contribution in [2.24, 2.45) is 0 Å². The molecule has 6 nitrogen and oxygen atoms in total. The zero-order valence-corrected chi connectivity index (χ0v) is 50.1. The van der Waals surface area contributed by atoms with Crippen LogP contribution < -0.4 is 0 Å². The SMILES string of the molecule is CCCCC/C=C\C/C=C\CCCCCCCCCCCC(=O)OC(COC(=O)CCCCCCCCCCCCCCCCC)COC(=O)CCCCCCCCCCCCCCCCCCCCCCCC. The van der Waals surface area contributed by atoms with Crippen molar-refractivity contribution in [1.29, 1.82) is 0 Å². The van der Waals surface area contributed by atoms with Crippen LogP contribution in [0.5, 0.6) is 0 Å². The summed E-state index contributed by atoms with van der Waals surface area (Å²) in [5.41, 5.74) is 0. The number of carbonyl (C=O) groups excluding carboxylic acids is 3. The van der Waals surface area contributed by atoms with Gasteiger partial charge < -0.3 is 14.2 Å². The van der Waals surface area contributed by atoms with Gasteiger partial charge >= 0.3 is 17.9 Å². The quantitative estimate of drug-likeness (QED) is 0.0261. The lowest BCUT2D eigenvalue weighted by atomic mass is 10.0. The summed E-state index contributed by atoms with van der Waals surface area (Å²) in [5, 5.41) is 0. The molecule has 0 rings (SSSR count). The van der Waals surface area contributed by atoms with Crippen LogP contribution in [0, 0.1) is 0 Å². The predicted octanol–water partition coefficient (Wildman–Crippen LogP) is 22.6. The van der Waals surface area contributed by atoms with Crippen molar-refractivity contribution < 1.29 is 28.6 Å². The molecule has 0 radical (unpaired) electrons. The topological polar surface area (TPSA) is 78.9 Å². The van der Waals surface area contributed by atoms with E-state index in [4.69, 9.17) is 14.2 Å². The van der Waals surface area contributed by atoms with Crippen molar-refractivity contribution in [3.8, 4) is 0 Å². The van der Waals surface area contributed by atoms with Crippen molar-refractivity contribution in [1.82, 2.24) is 0 Å². The second kappa shape index (κ2) is 63.4. The first-order chi connectivity index (χ1) is 36.5. The summed E-state index contributed by atoms with van der Waals surface area (Å²) in [7, 11) is 0. The molecule has 74 heavy (non-hydrogen) atoms. The minimum atomic E-state index is -0.770. The zero-order chi connectivity index (χ0) is 53.6. The van der Waals surface area contributed by atoms with E-state index in [2.05, 4.69) is 45.1 Å². The third-order valence-electron chi connectivity index (χ3n) is 15.2. The number of unbranched alkanes of at least 4 members (excludes halogenated alkanes) is 47. The molecular weight excluding hydrogens is 913 g/mol. The molecule has 436 valence electrons. The van der Waals surface area contributed by atoms with Crippen molar-refractivity contribution in [2.75, 3.05) is 13.2 Å². The van der Waals surface area contributed by atoms with Gasteiger partial charge in [0.15, 0.2) is 6.10 Å². The van der Waals surface area contributed by atoms with Crippen LogP contribution in [-0.2, 0) is 28.6 Å². The highest BCUT2D eigenvalue weighted by atomic mass is 16.6. The summed E-state index contributed by atoms with van der Waals surface area (Å²) in [6.45, 7) is 6.69. The maximum absolute atomic E-state index is 12.9. The largest absolute Gasteiger partial charge is 0.462 e. The molecule has 0 aliphatic heterocycles. The monoisotopic (exact) mass is 1040 g/mol. The van der Waals surface area contributed by atoms with Crippen LogP contribution in [0.4, 0.5) is 0 Å². The Balaban J connectivity index is 4.28. The summed E-state index contributed by atoms with van der Waals surface area (Å²) in [4.78, 5) is 38.4. The minimum Gasteiger partial charge on any atom is -0.462 e. The maximum Gasteiger partial charge on any atom is 0.306 e. The fourth-order valence-corrected chi connectivity index (χ4v) is 10.2. The summed E-state index contributed by atoms with van der Waals surface area (Å²) in [6.07, 6.45) is 76.1. The highest BCUT2D eigenvalue weighted by molar-refractivity contribution is 5.71. The number of hydrogen-bond donors (Lipinski definition) is 0. The Morgan fingerprint density at radius 3 is 0.770 bits per heavy atom. The standard InChI is InChI=1S/C68H128O6/c1-4-7-10-13-16-19-22-25-28-30-32-33-34-36-37-40-43-46-49-52-55-58-61-67(70)73-64-65(63-72-66(69)60-57-54-51-48-45-42-39-27-24-21-18-15-12-9-6-3)74-68(71)62-59-56-53-50-47-44-41-38-35-31-29-26-23-20-17-14-11-8-5-2/h17,20,26,29,65H,4-16,18-19,21-25,27-28,30-64H2,1-3H3/b20-17-,29-26-. The molecule has 1 unspecified atom stereocenters. The first-order valence-corrected chi connectivity index (χ1v) is 33.3. The van der Waals surface area contributed by atoms with E-state index < -0.39 is 6.10 Å². The van der Waals surface area contributed by atoms with Gasteiger partial charge in [-0.25, -0.2) is 0 Å². The Morgan fingerprint density at radius 2 is 0.486 bits per heavy atom. The second-order valence-electron chi connectivity index (χ2n) is 22.7. The normalized spacial score (nSPS) is 12.1. The maximum atomic E-state index is 12.9. The Hall–Kier alpha value is -2.11. The molecule has 0 N–H and O–H groups in total. The van der Waals surface area contributed by atoms with Crippen molar-refractivity contribution >= 4 is 17.9 Å². The van der Waals surface area contributed by atoms with Gasteiger partial charge in [-0.2, -0.15) is 0 Å². The highest BCUT2D eigenvalue weighted by Crippen LogP contribution is 2.18. The van der Waals surface area contributed by atoms with Gasteiger partial charge in [0, 0.05) is 19.3 Å². The van der Waals surface area contributed by atoms with E-state index >= 15 is 0 Å². The van der Waals surface area contributed by atoms with Gasteiger partial charge in [-0.15, -0.1) is 0 Å². The smallest absolute Gasteiger partial charge is 0.306 e. The van der Waals surface area contributed by atoms with Crippen LogP contribution in [-0.4, -0.2) is 37.2 Å². The molecule has 0 aliphatic rings. The molecule has 0 amide bonds. The molecule has 6 heteroatoms. The van der Waals surface area contributed by atoms with Gasteiger partial charge in [-0.1, -0.05) is 328 Å². The molecular formula is C68H128O6. The minimum absolute atomic E-state index is 0.0665. The second-order valence-corrected chi connectivity index (χ2v) is 22.7.